The van der Waals surface area contributed by atoms with E-state index in [2.05, 4.69) is 0 Å². The average Bonchev–Trinajstić information content (AvgIpc) is 3.06. The molecule has 7 atom stereocenters. The van der Waals surface area contributed by atoms with Crippen molar-refractivity contribution in [1.82, 2.24) is 0 Å². The SMILES string of the molecule is [B][C@H]1CC(O)[C@@H](CO[P@](=O)(OCCC(=O)O)OC2C[C@H]([B])O[C@@H]2CO)O1. The second kappa shape index (κ2) is 9.66. The molecule has 4 radical (unpaired) electrons. The monoisotopic (exact) mass is 390 g/mol. The fourth-order valence-electron chi connectivity index (χ4n) is 2.60. The second-order valence-electron chi connectivity index (χ2n) is 6.01. The Kier molecular flexibility index (Phi) is 8.11. The number of rotatable bonds is 10. The summed E-state index contributed by atoms with van der Waals surface area (Å²) in [6.07, 6.45) is -3.54. The number of hydrogen-bond acceptors (Lipinski definition) is 9. The van der Waals surface area contributed by atoms with Gasteiger partial charge in [-0.25, -0.2) is 4.57 Å². The molecule has 0 amide bonds. The van der Waals surface area contributed by atoms with Crippen LogP contribution in [0.2, 0.25) is 0 Å². The van der Waals surface area contributed by atoms with E-state index in [9.17, 15) is 19.6 Å². The summed E-state index contributed by atoms with van der Waals surface area (Å²) in [5.74, 6) is -1.16. The topological polar surface area (TPSA) is 141 Å². The van der Waals surface area contributed by atoms with Crippen LogP contribution in [-0.2, 0) is 32.4 Å². The first-order valence-corrected chi connectivity index (χ1v) is 9.59. The Morgan fingerprint density at radius 2 is 1.81 bits per heavy atom. The third-order valence-corrected chi connectivity index (χ3v) is 5.38. The van der Waals surface area contributed by atoms with Crippen LogP contribution in [0.4, 0.5) is 0 Å². The summed E-state index contributed by atoms with van der Waals surface area (Å²) in [7, 11) is 6.94. The van der Waals surface area contributed by atoms with Gasteiger partial charge in [0, 0.05) is 12.0 Å². The standard InChI is InChI=1S/C13H21B2O10P/c14-11-3-7(17)10(24-11)6-22-26(20,21-2-1-13(18)19)25-8-4-12(15)23-9(8)5-16/h7-12,16-17H,1-6H2,(H,18,19)/t7?,8?,9-,10-,11-,12-,26+/m1/s1. The molecule has 26 heavy (non-hydrogen) atoms. The number of carbonyl (C=O) groups is 1. The molecule has 0 spiro atoms. The quantitative estimate of drug-likeness (QED) is 0.311. The maximum Gasteiger partial charge on any atom is 0.475 e. The van der Waals surface area contributed by atoms with Crippen molar-refractivity contribution >= 4 is 29.5 Å². The zero-order valence-corrected chi connectivity index (χ0v) is 14.9. The zero-order valence-electron chi connectivity index (χ0n) is 14.0. The molecule has 2 saturated heterocycles. The van der Waals surface area contributed by atoms with Crippen LogP contribution >= 0.6 is 7.82 Å². The van der Waals surface area contributed by atoms with Crippen LogP contribution < -0.4 is 0 Å². The molecule has 0 bridgehead atoms. The van der Waals surface area contributed by atoms with Gasteiger partial charge in [0.15, 0.2) is 0 Å². The van der Waals surface area contributed by atoms with Crippen molar-refractivity contribution in [2.75, 3.05) is 19.8 Å². The molecule has 0 aromatic heterocycles. The summed E-state index contributed by atoms with van der Waals surface area (Å²) in [6.45, 7) is -1.20. The predicted octanol–water partition coefficient (Wildman–Crippen LogP) is -1.09. The van der Waals surface area contributed by atoms with Crippen molar-refractivity contribution in [1.29, 1.82) is 0 Å². The molecule has 3 N–H and O–H groups in total. The highest BCUT2D eigenvalue weighted by Crippen LogP contribution is 2.52. The highest BCUT2D eigenvalue weighted by atomic mass is 31.2. The maximum absolute atomic E-state index is 12.9. The van der Waals surface area contributed by atoms with E-state index in [1.165, 1.54) is 0 Å². The maximum atomic E-state index is 12.9. The number of aliphatic hydroxyl groups is 2. The van der Waals surface area contributed by atoms with Crippen molar-refractivity contribution < 1.29 is 47.7 Å². The Bertz CT molecular complexity index is 523. The molecule has 2 aliphatic rings. The summed E-state index contributed by atoms with van der Waals surface area (Å²) in [4.78, 5) is 10.6. The van der Waals surface area contributed by atoms with Crippen molar-refractivity contribution in [3.05, 3.63) is 0 Å². The smallest absolute Gasteiger partial charge is 0.475 e. The molecule has 2 heterocycles. The molecule has 2 fully saturated rings. The van der Waals surface area contributed by atoms with Crippen LogP contribution in [0.25, 0.3) is 0 Å². The Morgan fingerprint density at radius 3 is 2.38 bits per heavy atom. The lowest BCUT2D eigenvalue weighted by Crippen LogP contribution is -2.29. The van der Waals surface area contributed by atoms with E-state index in [0.717, 1.165) is 0 Å². The van der Waals surface area contributed by atoms with Gasteiger partial charge in [-0.1, -0.05) is 0 Å². The molecule has 0 aromatic carbocycles. The Hall–Kier alpha value is -0.450. The van der Waals surface area contributed by atoms with Crippen LogP contribution in [0.5, 0.6) is 0 Å². The van der Waals surface area contributed by atoms with Crippen molar-refractivity contribution in [3.63, 3.8) is 0 Å². The van der Waals surface area contributed by atoms with E-state index in [1.807, 2.05) is 0 Å². The molecule has 13 heteroatoms. The van der Waals surface area contributed by atoms with Crippen LogP contribution in [0.15, 0.2) is 0 Å². The largest absolute Gasteiger partial charge is 0.481 e. The van der Waals surface area contributed by atoms with Crippen LogP contribution in [0, 0.1) is 0 Å². The minimum atomic E-state index is -4.24. The number of phosphoric acid groups is 1. The fraction of sp³-hybridized carbons (Fsp3) is 0.923. The van der Waals surface area contributed by atoms with Gasteiger partial charge in [0.05, 0.1) is 38.4 Å². The van der Waals surface area contributed by atoms with E-state index in [0.29, 0.717) is 0 Å². The first-order valence-electron chi connectivity index (χ1n) is 8.12. The third-order valence-electron chi connectivity index (χ3n) is 3.89. The van der Waals surface area contributed by atoms with Crippen LogP contribution in [0.3, 0.4) is 0 Å². The predicted molar refractivity (Wildman–Crippen MR) is 87.8 cm³/mol. The van der Waals surface area contributed by atoms with Gasteiger partial charge in [-0.15, -0.1) is 0 Å². The first-order chi connectivity index (χ1) is 12.2. The normalized spacial score (nSPS) is 36.8. The number of carboxylic acids is 1. The fourth-order valence-corrected chi connectivity index (χ4v) is 4.00. The summed E-state index contributed by atoms with van der Waals surface area (Å²) in [6, 6.07) is -1.39. The lowest BCUT2D eigenvalue weighted by Gasteiger charge is -2.25. The first kappa shape index (κ1) is 21.8. The summed E-state index contributed by atoms with van der Waals surface area (Å²) >= 11 is 0. The van der Waals surface area contributed by atoms with Crippen molar-refractivity contribution in [3.8, 4) is 0 Å². The van der Waals surface area contributed by atoms with Crippen molar-refractivity contribution in [2.24, 2.45) is 0 Å². The van der Waals surface area contributed by atoms with Crippen LogP contribution in [-0.4, -0.2) is 93.2 Å². The molecule has 2 aliphatic heterocycles. The summed E-state index contributed by atoms with van der Waals surface area (Å²) < 4.78 is 38.9. The molecule has 10 nitrogen and oxygen atoms in total. The Labute approximate surface area is 153 Å². The number of hydrogen-bond donors (Lipinski definition) is 3. The molecular weight excluding hydrogens is 369 g/mol. The third kappa shape index (κ3) is 6.31. The van der Waals surface area contributed by atoms with Gasteiger partial charge in [-0.2, -0.15) is 0 Å². The molecule has 0 saturated carbocycles. The molecule has 2 unspecified atom stereocenters. The van der Waals surface area contributed by atoms with Gasteiger partial charge in [0.1, 0.15) is 27.9 Å². The second-order valence-corrected chi connectivity index (χ2v) is 7.63. The number of carboxylic acid groups (broad SMARTS) is 1. The number of aliphatic hydroxyl groups excluding tert-OH is 2. The van der Waals surface area contributed by atoms with E-state index in [4.69, 9.17) is 43.8 Å². The number of phosphoric ester groups is 1. The van der Waals surface area contributed by atoms with Gasteiger partial charge in [-0.3, -0.25) is 18.4 Å². The van der Waals surface area contributed by atoms with E-state index >= 15 is 0 Å². The summed E-state index contributed by atoms with van der Waals surface area (Å²) in [5.41, 5.74) is 0. The van der Waals surface area contributed by atoms with E-state index in [1.54, 1.807) is 0 Å². The number of aliphatic carboxylic acids is 1. The summed E-state index contributed by atoms with van der Waals surface area (Å²) in [5, 5.41) is 27.8. The highest BCUT2D eigenvalue weighted by molar-refractivity contribution is 7.48. The highest BCUT2D eigenvalue weighted by Gasteiger charge is 2.42. The zero-order chi connectivity index (χ0) is 19.3. The van der Waals surface area contributed by atoms with Gasteiger partial charge < -0.3 is 24.8 Å². The average molecular weight is 390 g/mol. The van der Waals surface area contributed by atoms with Crippen molar-refractivity contribution in [2.45, 2.75) is 55.7 Å². The van der Waals surface area contributed by atoms with Gasteiger partial charge in [0.25, 0.3) is 0 Å². The van der Waals surface area contributed by atoms with Crippen LogP contribution in [0.1, 0.15) is 19.3 Å². The van der Waals surface area contributed by atoms with E-state index in [-0.39, 0.29) is 19.4 Å². The minimum Gasteiger partial charge on any atom is -0.481 e. The molecule has 0 aliphatic carbocycles. The number of ether oxygens (including phenoxy) is 2. The molecule has 2 rings (SSSR count). The molecule has 0 aromatic rings. The molecular formula is C13H21B2O10P. The molecule has 144 valence electrons. The van der Waals surface area contributed by atoms with Gasteiger partial charge >= 0.3 is 13.8 Å². The Balaban J connectivity index is 1.98. The van der Waals surface area contributed by atoms with Gasteiger partial charge in [0.2, 0.25) is 0 Å². The lowest BCUT2D eigenvalue weighted by atomic mass is 9.96. The lowest BCUT2D eigenvalue weighted by molar-refractivity contribution is -0.137. The minimum absolute atomic E-state index is 0.133. The van der Waals surface area contributed by atoms with Gasteiger partial charge in [-0.05, 0) is 12.8 Å². The van der Waals surface area contributed by atoms with E-state index < -0.39 is 69.8 Å². The Morgan fingerprint density at radius 1 is 1.15 bits per heavy atom.